The minimum atomic E-state index is -0.502. The minimum absolute atomic E-state index is 0.124. The summed E-state index contributed by atoms with van der Waals surface area (Å²) in [4.78, 5) is 45.9. The zero-order valence-electron chi connectivity index (χ0n) is 19.3. The predicted octanol–water partition coefficient (Wildman–Crippen LogP) is 1.30. The Morgan fingerprint density at radius 3 is 2.55 bits per heavy atom. The van der Waals surface area contributed by atoms with Crippen molar-refractivity contribution in [1.29, 1.82) is 0 Å². The van der Waals surface area contributed by atoms with E-state index in [0.29, 0.717) is 34.5 Å². The first-order valence-electron chi connectivity index (χ1n) is 11.5. The van der Waals surface area contributed by atoms with Gasteiger partial charge in [0.1, 0.15) is 4.53 Å². The number of carbonyl (C=O) groups is 2. The molecule has 5 rings (SSSR count). The molecule has 1 fully saturated rings. The van der Waals surface area contributed by atoms with E-state index in [4.69, 9.17) is 0 Å². The number of amides is 3. The van der Waals surface area contributed by atoms with Gasteiger partial charge in [-0.15, -0.1) is 5.10 Å². The first kappa shape index (κ1) is 21.7. The molecule has 33 heavy (non-hydrogen) atoms. The summed E-state index contributed by atoms with van der Waals surface area (Å²) >= 11 is 1.21. The highest BCUT2D eigenvalue weighted by Crippen LogP contribution is 2.36. The number of nitrogens with one attached hydrogen (secondary N) is 1. The SMILES string of the molecule is CCCCN1C(=O)/C(=c2\sc3n(c2=O)C2C(NN=3)N(CC)C(=O)N2CC)c2cc(C)ccc21. The Morgan fingerprint density at radius 2 is 1.85 bits per heavy atom. The van der Waals surface area contributed by atoms with Gasteiger partial charge in [-0.2, -0.15) is 0 Å². The summed E-state index contributed by atoms with van der Waals surface area (Å²) in [5.74, 6) is -0.144. The topological polar surface area (TPSA) is 90.2 Å². The van der Waals surface area contributed by atoms with Gasteiger partial charge >= 0.3 is 6.03 Å². The molecule has 0 bridgehead atoms. The fourth-order valence-corrected chi connectivity index (χ4v) is 6.03. The molecule has 174 valence electrons. The number of hydrogen-bond donors (Lipinski definition) is 1. The lowest BCUT2D eigenvalue weighted by atomic mass is 10.1. The van der Waals surface area contributed by atoms with Crippen molar-refractivity contribution in [3.05, 3.63) is 49.0 Å². The van der Waals surface area contributed by atoms with E-state index in [1.54, 1.807) is 19.3 Å². The second-order valence-electron chi connectivity index (χ2n) is 8.55. The maximum absolute atomic E-state index is 13.8. The van der Waals surface area contributed by atoms with Crippen molar-refractivity contribution in [1.82, 2.24) is 19.8 Å². The van der Waals surface area contributed by atoms with Gasteiger partial charge in [0.15, 0.2) is 12.3 Å². The molecule has 3 aliphatic heterocycles. The average molecular weight is 469 g/mol. The summed E-state index contributed by atoms with van der Waals surface area (Å²) in [5.41, 5.74) is 5.91. The van der Waals surface area contributed by atoms with Crippen LogP contribution in [0.15, 0.2) is 28.1 Å². The molecular formula is C23H28N6O3S. The number of rotatable bonds is 5. The summed E-state index contributed by atoms with van der Waals surface area (Å²) in [6.45, 7) is 9.47. The lowest BCUT2D eigenvalue weighted by molar-refractivity contribution is -0.113. The van der Waals surface area contributed by atoms with Crippen molar-refractivity contribution >= 4 is 34.5 Å². The Bertz CT molecular complexity index is 1330. The first-order valence-corrected chi connectivity index (χ1v) is 12.3. The van der Waals surface area contributed by atoms with Crippen molar-refractivity contribution in [3.63, 3.8) is 0 Å². The third-order valence-corrected chi connectivity index (χ3v) is 7.67. The number of thiazole rings is 1. The van der Waals surface area contributed by atoms with Crippen molar-refractivity contribution in [3.8, 4) is 0 Å². The van der Waals surface area contributed by atoms with Crippen LogP contribution in [-0.2, 0) is 4.79 Å². The number of aromatic nitrogens is 1. The molecule has 3 amide bonds. The lowest BCUT2D eigenvalue weighted by Crippen LogP contribution is -2.53. The highest BCUT2D eigenvalue weighted by atomic mass is 32.1. The largest absolute Gasteiger partial charge is 0.323 e. The molecule has 1 N–H and O–H groups in total. The van der Waals surface area contributed by atoms with E-state index in [9.17, 15) is 14.4 Å². The third-order valence-electron chi connectivity index (χ3n) is 6.61. The van der Waals surface area contributed by atoms with E-state index < -0.39 is 12.3 Å². The van der Waals surface area contributed by atoms with E-state index in [-0.39, 0.29) is 17.5 Å². The number of anilines is 1. The quantitative estimate of drug-likeness (QED) is 0.716. The average Bonchev–Trinajstić information content (AvgIpc) is 3.37. The van der Waals surface area contributed by atoms with Crippen LogP contribution >= 0.6 is 11.3 Å². The molecule has 2 aromatic rings. The van der Waals surface area contributed by atoms with Crippen LogP contribution in [0.4, 0.5) is 10.5 Å². The number of benzene rings is 1. The molecule has 4 heterocycles. The fourth-order valence-electron chi connectivity index (χ4n) is 4.97. The number of hydrogen-bond acceptors (Lipinski definition) is 6. The second-order valence-corrected chi connectivity index (χ2v) is 9.53. The van der Waals surface area contributed by atoms with Crippen LogP contribution in [0.3, 0.4) is 0 Å². The van der Waals surface area contributed by atoms with E-state index in [1.165, 1.54) is 11.3 Å². The molecule has 0 spiro atoms. The number of likely N-dealkylation sites (N-methyl/N-ethyl adjacent to an activating group) is 2. The molecule has 0 radical (unpaired) electrons. The van der Waals surface area contributed by atoms with E-state index >= 15 is 0 Å². The molecule has 0 saturated carbocycles. The maximum atomic E-state index is 13.8. The number of nitrogens with zero attached hydrogens (tertiary/aromatic N) is 5. The molecule has 3 aliphatic rings. The molecule has 1 aromatic heterocycles. The summed E-state index contributed by atoms with van der Waals surface area (Å²) in [6, 6.07) is 5.81. The van der Waals surface area contributed by atoms with Crippen molar-refractivity contribution < 1.29 is 9.59 Å². The highest BCUT2D eigenvalue weighted by molar-refractivity contribution is 7.07. The van der Waals surface area contributed by atoms with Crippen LogP contribution in [0.25, 0.3) is 5.57 Å². The molecule has 9 nitrogen and oxygen atoms in total. The van der Waals surface area contributed by atoms with Crippen LogP contribution in [0.1, 0.15) is 50.9 Å². The Labute approximate surface area is 195 Å². The van der Waals surface area contributed by atoms with Crippen molar-refractivity contribution in [2.24, 2.45) is 5.10 Å². The summed E-state index contributed by atoms with van der Waals surface area (Å²) in [7, 11) is 0. The molecule has 10 heteroatoms. The van der Waals surface area contributed by atoms with Crippen LogP contribution in [0.5, 0.6) is 0 Å². The highest BCUT2D eigenvalue weighted by Gasteiger charge is 2.48. The Morgan fingerprint density at radius 1 is 1.09 bits per heavy atom. The number of unbranched alkanes of at least 4 members (excludes halogenated alkanes) is 1. The normalized spacial score (nSPS) is 22.8. The number of aryl methyl sites for hydroxylation is 1. The molecule has 2 unspecified atom stereocenters. The zero-order valence-corrected chi connectivity index (χ0v) is 20.1. The van der Waals surface area contributed by atoms with Crippen molar-refractivity contribution in [2.45, 2.75) is 52.9 Å². The summed E-state index contributed by atoms with van der Waals surface area (Å²) in [5, 5.41) is 4.43. The fraction of sp³-hybridized carbons (Fsp3) is 0.478. The second kappa shape index (κ2) is 8.02. The molecular weight excluding hydrogens is 440 g/mol. The third kappa shape index (κ3) is 3.03. The molecule has 1 aromatic carbocycles. The van der Waals surface area contributed by atoms with Crippen LogP contribution < -0.4 is 25.2 Å². The first-order chi connectivity index (χ1) is 15.9. The van der Waals surface area contributed by atoms with Gasteiger partial charge < -0.3 is 4.90 Å². The van der Waals surface area contributed by atoms with Gasteiger partial charge in [-0.1, -0.05) is 36.3 Å². The Kier molecular flexibility index (Phi) is 5.27. The molecule has 1 saturated heterocycles. The zero-order chi connectivity index (χ0) is 23.4. The van der Waals surface area contributed by atoms with Crippen LogP contribution in [0.2, 0.25) is 0 Å². The van der Waals surface area contributed by atoms with Gasteiger partial charge in [-0.25, -0.2) is 4.79 Å². The van der Waals surface area contributed by atoms with Gasteiger partial charge in [0, 0.05) is 25.2 Å². The van der Waals surface area contributed by atoms with Crippen molar-refractivity contribution in [2.75, 3.05) is 24.5 Å². The predicted molar refractivity (Wildman–Crippen MR) is 126 cm³/mol. The maximum Gasteiger partial charge on any atom is 0.323 e. The Balaban J connectivity index is 1.74. The standard InChI is InChI=1S/C23H28N6O3S/c1-5-8-11-28-15-10-9-13(4)12-14(15)16(20(28)30)17-21(31)29-19-18(24-25-22(29)33-17)26(6-2)23(32)27(19)7-3/h9-10,12,18-19,24H,5-8,11H2,1-4H3/b17-16-. The van der Waals surface area contributed by atoms with Gasteiger partial charge in [0.2, 0.25) is 4.80 Å². The van der Waals surface area contributed by atoms with Gasteiger partial charge in [-0.05, 0) is 39.3 Å². The van der Waals surface area contributed by atoms with Gasteiger partial charge in [-0.3, -0.25) is 29.4 Å². The van der Waals surface area contributed by atoms with E-state index in [1.807, 2.05) is 39.0 Å². The molecule has 0 aliphatic carbocycles. The van der Waals surface area contributed by atoms with E-state index in [0.717, 1.165) is 29.7 Å². The summed E-state index contributed by atoms with van der Waals surface area (Å²) < 4.78 is 1.97. The van der Waals surface area contributed by atoms with Crippen LogP contribution in [-0.4, -0.2) is 52.1 Å². The number of fused-ring (bicyclic) bond motifs is 4. The lowest BCUT2D eigenvalue weighted by Gasteiger charge is -2.29. The smallest absolute Gasteiger partial charge is 0.308 e. The van der Waals surface area contributed by atoms with Crippen LogP contribution in [0, 0.1) is 6.92 Å². The monoisotopic (exact) mass is 468 g/mol. The number of carbonyl (C=O) groups excluding carboxylic acids is 2. The van der Waals surface area contributed by atoms with E-state index in [2.05, 4.69) is 17.5 Å². The van der Waals surface area contributed by atoms with Gasteiger partial charge in [0.25, 0.3) is 11.5 Å². The summed E-state index contributed by atoms with van der Waals surface area (Å²) in [6.07, 6.45) is 0.932. The molecule has 2 atom stereocenters. The number of urea groups is 1. The van der Waals surface area contributed by atoms with Gasteiger partial charge in [0.05, 0.1) is 11.3 Å². The minimum Gasteiger partial charge on any atom is -0.308 e. The Hall–Kier alpha value is -3.14.